The zero-order valence-corrected chi connectivity index (χ0v) is 10.6. The predicted molar refractivity (Wildman–Crippen MR) is 70.4 cm³/mol. The SMILES string of the molecule is COC(=O)c1cc(N)cnc1NCCC1CCC1. The van der Waals surface area contributed by atoms with E-state index in [-0.39, 0.29) is 0 Å². The van der Waals surface area contributed by atoms with E-state index in [0.29, 0.717) is 17.1 Å². The second-order valence-corrected chi connectivity index (χ2v) is 4.67. The molecule has 5 nitrogen and oxygen atoms in total. The highest BCUT2D eigenvalue weighted by atomic mass is 16.5. The molecule has 1 aromatic rings. The lowest BCUT2D eigenvalue weighted by atomic mass is 9.83. The van der Waals surface area contributed by atoms with Crippen LogP contribution in [0.4, 0.5) is 11.5 Å². The molecule has 98 valence electrons. The molecule has 0 spiro atoms. The number of nitrogens with two attached hydrogens (primary N) is 1. The van der Waals surface area contributed by atoms with Crippen molar-refractivity contribution in [3.05, 3.63) is 17.8 Å². The zero-order chi connectivity index (χ0) is 13.0. The van der Waals surface area contributed by atoms with Crippen molar-refractivity contribution in [2.75, 3.05) is 24.7 Å². The molecule has 0 unspecified atom stereocenters. The van der Waals surface area contributed by atoms with Gasteiger partial charge in [0.05, 0.1) is 19.0 Å². The molecule has 1 aliphatic rings. The van der Waals surface area contributed by atoms with E-state index in [2.05, 4.69) is 10.3 Å². The van der Waals surface area contributed by atoms with E-state index in [4.69, 9.17) is 10.5 Å². The van der Waals surface area contributed by atoms with Crippen LogP contribution in [0.15, 0.2) is 12.3 Å². The van der Waals surface area contributed by atoms with Crippen LogP contribution in [-0.4, -0.2) is 24.6 Å². The van der Waals surface area contributed by atoms with Gasteiger partial charge < -0.3 is 15.8 Å². The van der Waals surface area contributed by atoms with Crippen molar-refractivity contribution in [2.45, 2.75) is 25.7 Å². The summed E-state index contributed by atoms with van der Waals surface area (Å²) in [4.78, 5) is 15.7. The fourth-order valence-corrected chi connectivity index (χ4v) is 2.06. The molecule has 1 heterocycles. The van der Waals surface area contributed by atoms with Crippen LogP contribution in [0, 0.1) is 5.92 Å². The Morgan fingerprint density at radius 1 is 1.61 bits per heavy atom. The summed E-state index contributed by atoms with van der Waals surface area (Å²) in [5.74, 6) is 0.962. The maximum Gasteiger partial charge on any atom is 0.341 e. The van der Waals surface area contributed by atoms with Crippen molar-refractivity contribution in [1.82, 2.24) is 4.98 Å². The van der Waals surface area contributed by atoms with Gasteiger partial charge in [-0.2, -0.15) is 0 Å². The van der Waals surface area contributed by atoms with E-state index in [1.165, 1.54) is 32.6 Å². The van der Waals surface area contributed by atoms with E-state index in [1.54, 1.807) is 6.07 Å². The van der Waals surface area contributed by atoms with Crippen molar-refractivity contribution in [1.29, 1.82) is 0 Å². The number of pyridine rings is 1. The molecule has 0 amide bonds. The van der Waals surface area contributed by atoms with Gasteiger partial charge in [0.15, 0.2) is 0 Å². The van der Waals surface area contributed by atoms with Crippen LogP contribution in [0.1, 0.15) is 36.0 Å². The van der Waals surface area contributed by atoms with Gasteiger partial charge in [-0.05, 0) is 18.4 Å². The molecule has 0 bridgehead atoms. The van der Waals surface area contributed by atoms with Gasteiger partial charge in [0, 0.05) is 6.54 Å². The van der Waals surface area contributed by atoms with Crippen molar-refractivity contribution in [2.24, 2.45) is 5.92 Å². The zero-order valence-electron chi connectivity index (χ0n) is 10.6. The molecule has 1 saturated carbocycles. The first-order valence-corrected chi connectivity index (χ1v) is 6.28. The summed E-state index contributed by atoms with van der Waals surface area (Å²) < 4.78 is 4.72. The highest BCUT2D eigenvalue weighted by molar-refractivity contribution is 5.95. The summed E-state index contributed by atoms with van der Waals surface area (Å²) in [5.41, 5.74) is 6.48. The molecule has 0 saturated heterocycles. The van der Waals surface area contributed by atoms with E-state index in [1.807, 2.05) is 0 Å². The number of ether oxygens (including phenoxy) is 1. The Kier molecular flexibility index (Phi) is 4.02. The minimum atomic E-state index is -0.416. The van der Waals surface area contributed by atoms with E-state index < -0.39 is 5.97 Å². The lowest BCUT2D eigenvalue weighted by molar-refractivity contribution is 0.0601. The maximum atomic E-state index is 11.6. The first-order chi connectivity index (χ1) is 8.70. The second-order valence-electron chi connectivity index (χ2n) is 4.67. The monoisotopic (exact) mass is 249 g/mol. The Hall–Kier alpha value is -1.78. The quantitative estimate of drug-likeness (QED) is 0.781. The van der Waals surface area contributed by atoms with Gasteiger partial charge in [-0.25, -0.2) is 9.78 Å². The summed E-state index contributed by atoms with van der Waals surface area (Å²) >= 11 is 0. The molecule has 1 aromatic heterocycles. The number of nitrogens with zero attached hydrogens (tertiary/aromatic N) is 1. The maximum absolute atomic E-state index is 11.6. The van der Waals surface area contributed by atoms with Crippen molar-refractivity contribution >= 4 is 17.5 Å². The number of carbonyl (C=O) groups is 1. The lowest BCUT2D eigenvalue weighted by Gasteiger charge is -2.25. The first kappa shape index (κ1) is 12.7. The Morgan fingerprint density at radius 2 is 2.39 bits per heavy atom. The first-order valence-electron chi connectivity index (χ1n) is 6.28. The summed E-state index contributed by atoms with van der Waals surface area (Å²) in [7, 11) is 1.35. The van der Waals surface area contributed by atoms with Crippen LogP contribution in [0.5, 0.6) is 0 Å². The van der Waals surface area contributed by atoms with Crippen molar-refractivity contribution in [3.63, 3.8) is 0 Å². The molecule has 0 radical (unpaired) electrons. The number of aromatic nitrogens is 1. The lowest BCUT2D eigenvalue weighted by Crippen LogP contribution is -2.17. The smallest absolute Gasteiger partial charge is 0.341 e. The van der Waals surface area contributed by atoms with E-state index in [0.717, 1.165) is 18.9 Å². The Balaban J connectivity index is 1.98. The van der Waals surface area contributed by atoms with Gasteiger partial charge in [0.2, 0.25) is 0 Å². The van der Waals surface area contributed by atoms with Crippen LogP contribution in [-0.2, 0) is 4.74 Å². The number of nitrogen functional groups attached to an aromatic ring is 1. The summed E-state index contributed by atoms with van der Waals surface area (Å²) in [5, 5.41) is 3.19. The third-order valence-corrected chi connectivity index (χ3v) is 3.38. The van der Waals surface area contributed by atoms with Gasteiger partial charge in [-0.1, -0.05) is 19.3 Å². The topological polar surface area (TPSA) is 77.2 Å². The van der Waals surface area contributed by atoms with Crippen LogP contribution in [0.25, 0.3) is 0 Å². The number of hydrogen-bond acceptors (Lipinski definition) is 5. The fraction of sp³-hybridized carbons (Fsp3) is 0.538. The second kappa shape index (κ2) is 5.71. The molecular formula is C13H19N3O2. The van der Waals surface area contributed by atoms with Crippen LogP contribution >= 0.6 is 0 Å². The standard InChI is InChI=1S/C13H19N3O2/c1-18-13(17)11-7-10(14)8-16-12(11)15-6-5-9-3-2-4-9/h7-9H,2-6,14H2,1H3,(H,15,16). The average Bonchev–Trinajstić information content (AvgIpc) is 2.32. The third-order valence-electron chi connectivity index (χ3n) is 3.38. The number of carbonyl (C=O) groups excluding carboxylic acids is 1. The van der Waals surface area contributed by atoms with Crippen LogP contribution in [0.2, 0.25) is 0 Å². The van der Waals surface area contributed by atoms with Crippen LogP contribution in [0.3, 0.4) is 0 Å². The van der Waals surface area contributed by atoms with E-state index >= 15 is 0 Å². The van der Waals surface area contributed by atoms with Crippen molar-refractivity contribution < 1.29 is 9.53 Å². The van der Waals surface area contributed by atoms with Crippen LogP contribution < -0.4 is 11.1 Å². The van der Waals surface area contributed by atoms with Gasteiger partial charge in [0.1, 0.15) is 11.4 Å². The molecular weight excluding hydrogens is 230 g/mol. The highest BCUT2D eigenvalue weighted by Gasteiger charge is 2.18. The summed E-state index contributed by atoms with van der Waals surface area (Å²) in [6.45, 7) is 0.825. The Labute approximate surface area is 107 Å². The van der Waals surface area contributed by atoms with E-state index in [9.17, 15) is 4.79 Å². The number of anilines is 2. The molecule has 2 rings (SSSR count). The van der Waals surface area contributed by atoms with Gasteiger partial charge in [-0.3, -0.25) is 0 Å². The molecule has 3 N–H and O–H groups in total. The Bertz CT molecular complexity index is 430. The molecule has 0 aliphatic heterocycles. The number of esters is 1. The van der Waals surface area contributed by atoms with Crippen molar-refractivity contribution in [3.8, 4) is 0 Å². The molecule has 5 heteroatoms. The van der Waals surface area contributed by atoms with Gasteiger partial charge in [0.25, 0.3) is 0 Å². The van der Waals surface area contributed by atoms with Gasteiger partial charge in [-0.15, -0.1) is 0 Å². The number of rotatable bonds is 5. The Morgan fingerprint density at radius 3 is 3.00 bits per heavy atom. The molecule has 0 aromatic carbocycles. The minimum Gasteiger partial charge on any atom is -0.465 e. The summed E-state index contributed by atoms with van der Waals surface area (Å²) in [6.07, 6.45) is 6.64. The third kappa shape index (κ3) is 2.91. The number of nitrogens with one attached hydrogen (secondary N) is 1. The largest absolute Gasteiger partial charge is 0.465 e. The molecule has 18 heavy (non-hydrogen) atoms. The predicted octanol–water partition coefficient (Wildman–Crippen LogP) is 2.05. The highest BCUT2D eigenvalue weighted by Crippen LogP contribution is 2.29. The number of hydrogen-bond donors (Lipinski definition) is 2. The van der Waals surface area contributed by atoms with Gasteiger partial charge >= 0.3 is 5.97 Å². The molecule has 1 aliphatic carbocycles. The molecule has 0 atom stereocenters. The molecule has 1 fully saturated rings. The summed E-state index contributed by atoms with van der Waals surface area (Å²) in [6, 6.07) is 1.59. The normalized spacial score (nSPS) is 14.9. The number of methoxy groups -OCH3 is 1. The fourth-order valence-electron chi connectivity index (χ4n) is 2.06. The average molecular weight is 249 g/mol. The minimum absolute atomic E-state index is 0.395.